The summed E-state index contributed by atoms with van der Waals surface area (Å²) in [5, 5.41) is 12.9. The highest BCUT2D eigenvalue weighted by molar-refractivity contribution is 6.33. The Balaban J connectivity index is 1.63. The molecule has 0 spiro atoms. The highest BCUT2D eigenvalue weighted by atomic mass is 35.5. The smallest absolute Gasteiger partial charge is 0.287 e. The van der Waals surface area contributed by atoms with Gasteiger partial charge in [-0.2, -0.15) is 0 Å². The average Bonchev–Trinajstić information content (AvgIpc) is 3.14. The Kier molecular flexibility index (Phi) is 4.50. The van der Waals surface area contributed by atoms with Gasteiger partial charge < -0.3 is 14.8 Å². The summed E-state index contributed by atoms with van der Waals surface area (Å²) in [5.74, 6) is 0.956. The molecule has 5 heteroatoms. The number of carbonyl (C=O) groups excluding carboxylic acids is 1. The number of aliphatic hydroxyl groups excluding tert-OH is 1. The third kappa shape index (κ3) is 3.34. The molecule has 2 atom stereocenters. The molecule has 116 valence electrons. The van der Waals surface area contributed by atoms with E-state index in [1.54, 1.807) is 18.2 Å². The standard InChI is InChI=1S/C17H18ClNO3/c18-14-4-2-1-3-13(14)15-7-8-16(22-15)17(21)19-10-11-5-6-12(20)9-11/h1-4,7-8,11-12,20H,5-6,9-10H2,(H,19,21)/t11-,12-/m1/s1. The molecule has 3 rings (SSSR count). The fraction of sp³-hybridized carbons (Fsp3) is 0.353. The van der Waals surface area contributed by atoms with Crippen molar-refractivity contribution < 1.29 is 14.3 Å². The Morgan fingerprint density at radius 3 is 2.82 bits per heavy atom. The summed E-state index contributed by atoms with van der Waals surface area (Å²) in [6.45, 7) is 0.567. The second-order valence-corrected chi connectivity index (χ2v) is 6.09. The van der Waals surface area contributed by atoms with Crippen molar-refractivity contribution in [3.63, 3.8) is 0 Å². The number of halogens is 1. The van der Waals surface area contributed by atoms with Gasteiger partial charge in [0.2, 0.25) is 0 Å². The second-order valence-electron chi connectivity index (χ2n) is 5.69. The molecule has 0 radical (unpaired) electrons. The predicted octanol–water partition coefficient (Wildman–Crippen LogP) is 3.49. The molecule has 4 nitrogen and oxygen atoms in total. The van der Waals surface area contributed by atoms with E-state index in [1.807, 2.05) is 18.2 Å². The van der Waals surface area contributed by atoms with Crippen LogP contribution >= 0.6 is 11.6 Å². The third-order valence-corrected chi connectivity index (χ3v) is 4.36. The van der Waals surface area contributed by atoms with Gasteiger partial charge in [0.25, 0.3) is 5.91 Å². The van der Waals surface area contributed by atoms with Crippen molar-refractivity contribution in [2.24, 2.45) is 5.92 Å². The normalized spacial score (nSPS) is 21.0. The van der Waals surface area contributed by atoms with Gasteiger partial charge in [0.05, 0.1) is 11.1 Å². The third-order valence-electron chi connectivity index (χ3n) is 4.03. The Morgan fingerprint density at radius 1 is 1.27 bits per heavy atom. The van der Waals surface area contributed by atoms with Crippen molar-refractivity contribution in [3.8, 4) is 11.3 Å². The van der Waals surface area contributed by atoms with Crippen LogP contribution in [0, 0.1) is 5.92 Å². The van der Waals surface area contributed by atoms with Gasteiger partial charge in [-0.3, -0.25) is 4.79 Å². The summed E-state index contributed by atoms with van der Waals surface area (Å²) < 4.78 is 5.60. The van der Waals surface area contributed by atoms with Crippen LogP contribution in [0.3, 0.4) is 0 Å². The molecule has 1 aliphatic rings. The molecular formula is C17H18ClNO3. The molecule has 1 heterocycles. The summed E-state index contributed by atoms with van der Waals surface area (Å²) in [5.41, 5.74) is 0.766. The maximum atomic E-state index is 12.1. The number of furan rings is 1. The quantitative estimate of drug-likeness (QED) is 0.906. The van der Waals surface area contributed by atoms with Crippen molar-refractivity contribution in [1.29, 1.82) is 0 Å². The Labute approximate surface area is 134 Å². The molecule has 1 aromatic heterocycles. The lowest BCUT2D eigenvalue weighted by atomic mass is 10.1. The lowest BCUT2D eigenvalue weighted by Gasteiger charge is -2.09. The zero-order chi connectivity index (χ0) is 15.5. The molecule has 1 fully saturated rings. The van der Waals surface area contributed by atoms with E-state index in [1.165, 1.54) is 0 Å². The highest BCUT2D eigenvalue weighted by Gasteiger charge is 2.23. The number of aliphatic hydroxyl groups is 1. The topological polar surface area (TPSA) is 62.5 Å². The molecule has 0 aliphatic heterocycles. The van der Waals surface area contributed by atoms with Crippen molar-refractivity contribution >= 4 is 17.5 Å². The first-order valence-corrected chi connectivity index (χ1v) is 7.82. The fourth-order valence-electron chi connectivity index (χ4n) is 2.82. The first-order chi connectivity index (χ1) is 10.6. The minimum atomic E-state index is -0.236. The number of amides is 1. The van der Waals surface area contributed by atoms with Crippen molar-refractivity contribution in [2.45, 2.75) is 25.4 Å². The van der Waals surface area contributed by atoms with Crippen LogP contribution in [0.2, 0.25) is 5.02 Å². The molecule has 2 aromatic rings. The summed E-state index contributed by atoms with van der Waals surface area (Å²) in [4.78, 5) is 12.1. The molecule has 1 aromatic carbocycles. The van der Waals surface area contributed by atoms with Crippen LogP contribution in [0.4, 0.5) is 0 Å². The molecule has 2 N–H and O–H groups in total. The van der Waals surface area contributed by atoms with E-state index in [9.17, 15) is 9.90 Å². The van der Waals surface area contributed by atoms with Gasteiger partial charge >= 0.3 is 0 Å². The van der Waals surface area contributed by atoms with Gasteiger partial charge in [-0.15, -0.1) is 0 Å². The minimum absolute atomic E-state index is 0.225. The van der Waals surface area contributed by atoms with E-state index in [0.717, 1.165) is 24.8 Å². The van der Waals surface area contributed by atoms with Crippen LogP contribution < -0.4 is 5.32 Å². The molecule has 1 amide bonds. The SMILES string of the molecule is O=C(NC[C@@H]1CC[C@@H](O)C1)c1ccc(-c2ccccc2Cl)o1. The summed E-state index contributed by atoms with van der Waals surface area (Å²) in [6.07, 6.45) is 2.29. The molecule has 0 unspecified atom stereocenters. The van der Waals surface area contributed by atoms with Crippen molar-refractivity contribution in [1.82, 2.24) is 5.32 Å². The van der Waals surface area contributed by atoms with E-state index >= 15 is 0 Å². The van der Waals surface area contributed by atoms with E-state index in [0.29, 0.717) is 23.2 Å². The fourth-order valence-corrected chi connectivity index (χ4v) is 3.05. The maximum Gasteiger partial charge on any atom is 0.287 e. The molecule has 1 saturated carbocycles. The lowest BCUT2D eigenvalue weighted by molar-refractivity contribution is 0.0918. The molecule has 0 saturated heterocycles. The van der Waals surface area contributed by atoms with Crippen LogP contribution in [0.1, 0.15) is 29.8 Å². The number of rotatable bonds is 4. The van der Waals surface area contributed by atoms with E-state index in [-0.39, 0.29) is 17.8 Å². The monoisotopic (exact) mass is 319 g/mol. The molecule has 1 aliphatic carbocycles. The van der Waals surface area contributed by atoms with Gasteiger partial charge in [-0.1, -0.05) is 23.7 Å². The lowest BCUT2D eigenvalue weighted by Crippen LogP contribution is -2.28. The molecule has 0 bridgehead atoms. The van der Waals surface area contributed by atoms with Crippen molar-refractivity contribution in [3.05, 3.63) is 47.2 Å². The number of hydrogen-bond donors (Lipinski definition) is 2. The molecule has 22 heavy (non-hydrogen) atoms. The van der Waals surface area contributed by atoms with Crippen LogP contribution in [-0.2, 0) is 0 Å². The summed E-state index contributed by atoms with van der Waals surface area (Å²) >= 11 is 6.12. The van der Waals surface area contributed by atoms with E-state index in [4.69, 9.17) is 16.0 Å². The van der Waals surface area contributed by atoms with Crippen LogP contribution in [-0.4, -0.2) is 23.7 Å². The van der Waals surface area contributed by atoms with E-state index < -0.39 is 0 Å². The number of hydrogen-bond acceptors (Lipinski definition) is 3. The van der Waals surface area contributed by atoms with Crippen LogP contribution in [0.15, 0.2) is 40.8 Å². The highest BCUT2D eigenvalue weighted by Crippen LogP contribution is 2.29. The Hall–Kier alpha value is -1.78. The van der Waals surface area contributed by atoms with E-state index in [2.05, 4.69) is 5.32 Å². The zero-order valence-electron chi connectivity index (χ0n) is 12.1. The number of benzene rings is 1. The molecular weight excluding hydrogens is 302 g/mol. The Bertz CT molecular complexity index is 667. The summed E-state index contributed by atoms with van der Waals surface area (Å²) in [6, 6.07) is 10.7. The van der Waals surface area contributed by atoms with Crippen molar-refractivity contribution in [2.75, 3.05) is 6.54 Å². The second kappa shape index (κ2) is 6.55. The first-order valence-electron chi connectivity index (χ1n) is 7.44. The van der Waals surface area contributed by atoms with Gasteiger partial charge in [-0.05, 0) is 49.4 Å². The van der Waals surface area contributed by atoms with Gasteiger partial charge in [0.1, 0.15) is 5.76 Å². The van der Waals surface area contributed by atoms with Gasteiger partial charge in [0.15, 0.2) is 5.76 Å². The predicted molar refractivity (Wildman–Crippen MR) is 84.8 cm³/mol. The van der Waals surface area contributed by atoms with Crippen LogP contribution in [0.5, 0.6) is 0 Å². The van der Waals surface area contributed by atoms with Gasteiger partial charge in [0, 0.05) is 12.1 Å². The summed E-state index contributed by atoms with van der Waals surface area (Å²) in [7, 11) is 0. The number of carbonyl (C=O) groups is 1. The van der Waals surface area contributed by atoms with Crippen LogP contribution in [0.25, 0.3) is 11.3 Å². The Morgan fingerprint density at radius 2 is 2.09 bits per heavy atom. The minimum Gasteiger partial charge on any atom is -0.451 e. The number of nitrogens with one attached hydrogen (secondary N) is 1. The maximum absolute atomic E-state index is 12.1. The largest absolute Gasteiger partial charge is 0.451 e. The zero-order valence-corrected chi connectivity index (χ0v) is 12.8. The first kappa shape index (κ1) is 15.1. The average molecular weight is 320 g/mol. The van der Waals surface area contributed by atoms with Gasteiger partial charge in [-0.25, -0.2) is 0 Å².